The second-order valence-corrected chi connectivity index (χ2v) is 11.0. The van der Waals surface area contributed by atoms with Crippen molar-refractivity contribution in [1.29, 1.82) is 0 Å². The minimum atomic E-state index is -0.554. The summed E-state index contributed by atoms with van der Waals surface area (Å²) >= 11 is 1.72. The first-order valence-corrected chi connectivity index (χ1v) is 14.4. The third-order valence-electron chi connectivity index (χ3n) is 7.05. The molecule has 4 atom stereocenters. The highest BCUT2D eigenvalue weighted by atomic mass is 32.2. The van der Waals surface area contributed by atoms with Crippen LogP contribution in [0.1, 0.15) is 53.1 Å². The van der Waals surface area contributed by atoms with Crippen LogP contribution in [-0.4, -0.2) is 22.9 Å². The third kappa shape index (κ3) is 6.81. The Bertz CT molecular complexity index is 1380. The lowest BCUT2D eigenvalue weighted by molar-refractivity contribution is -0.255. The van der Waals surface area contributed by atoms with Crippen molar-refractivity contribution in [2.45, 2.75) is 49.4 Å². The summed E-state index contributed by atoms with van der Waals surface area (Å²) in [6.07, 6.45) is -0.990. The molecule has 1 saturated heterocycles. The van der Waals surface area contributed by atoms with Crippen molar-refractivity contribution in [1.82, 2.24) is 0 Å². The number of amides is 1. The Morgan fingerprint density at radius 2 is 1.48 bits per heavy atom. The molecule has 1 aliphatic heterocycles. The SMILES string of the molecule is CC(=O)Nc1ccc(SC[C@H]2OC(c3ccc(CN)cc3)O[C@@H](c3ccc(CO)cc3)[C@@H]2c2ccccc2)cc1. The van der Waals surface area contributed by atoms with Crippen LogP contribution in [-0.2, 0) is 27.4 Å². The van der Waals surface area contributed by atoms with Crippen LogP contribution < -0.4 is 11.1 Å². The number of aliphatic hydroxyl groups is 1. The molecule has 0 aliphatic carbocycles. The fourth-order valence-corrected chi connectivity index (χ4v) is 5.95. The summed E-state index contributed by atoms with van der Waals surface area (Å²) in [6.45, 7) is 1.97. The van der Waals surface area contributed by atoms with Crippen LogP contribution in [0.5, 0.6) is 0 Å². The van der Waals surface area contributed by atoms with E-state index in [9.17, 15) is 9.90 Å². The van der Waals surface area contributed by atoms with Gasteiger partial charge in [-0.2, -0.15) is 0 Å². The lowest BCUT2D eigenvalue weighted by Gasteiger charge is -2.43. The molecule has 1 fully saturated rings. The number of thioether (sulfide) groups is 1. The van der Waals surface area contributed by atoms with Crippen molar-refractivity contribution in [3.05, 3.63) is 131 Å². The second-order valence-electron chi connectivity index (χ2n) is 9.86. The summed E-state index contributed by atoms with van der Waals surface area (Å²) < 4.78 is 13.5. The quantitative estimate of drug-likeness (QED) is 0.210. The summed E-state index contributed by atoms with van der Waals surface area (Å²) in [5, 5.41) is 12.4. The predicted octanol–water partition coefficient (Wildman–Crippen LogP) is 6.33. The van der Waals surface area contributed by atoms with Gasteiger partial charge in [0.05, 0.1) is 18.8 Å². The molecular weight excluding hydrogens is 520 g/mol. The fraction of sp³-hybridized carbons (Fsp3) is 0.242. The van der Waals surface area contributed by atoms with Gasteiger partial charge in [-0.15, -0.1) is 11.8 Å². The van der Waals surface area contributed by atoms with E-state index in [0.717, 1.165) is 38.4 Å². The number of anilines is 1. The molecule has 4 N–H and O–H groups in total. The highest BCUT2D eigenvalue weighted by Crippen LogP contribution is 2.48. The highest BCUT2D eigenvalue weighted by molar-refractivity contribution is 7.99. The van der Waals surface area contributed by atoms with Gasteiger partial charge in [0, 0.05) is 41.3 Å². The van der Waals surface area contributed by atoms with E-state index >= 15 is 0 Å². The zero-order valence-electron chi connectivity index (χ0n) is 22.4. The van der Waals surface area contributed by atoms with Gasteiger partial charge in [-0.3, -0.25) is 4.79 Å². The van der Waals surface area contributed by atoms with Crippen molar-refractivity contribution < 1.29 is 19.4 Å². The number of nitrogens with one attached hydrogen (secondary N) is 1. The molecule has 206 valence electrons. The Balaban J connectivity index is 1.48. The Morgan fingerprint density at radius 1 is 0.825 bits per heavy atom. The molecule has 0 bridgehead atoms. The summed E-state index contributed by atoms with van der Waals surface area (Å²) in [5.41, 5.74) is 11.6. The van der Waals surface area contributed by atoms with Crippen molar-refractivity contribution in [3.63, 3.8) is 0 Å². The number of hydrogen-bond donors (Lipinski definition) is 3. The van der Waals surface area contributed by atoms with Crippen LogP contribution in [0.25, 0.3) is 0 Å². The number of carbonyl (C=O) groups excluding carboxylic acids is 1. The number of carbonyl (C=O) groups is 1. The van der Waals surface area contributed by atoms with Gasteiger partial charge in [0.15, 0.2) is 6.29 Å². The molecule has 1 unspecified atom stereocenters. The Morgan fingerprint density at radius 3 is 2.10 bits per heavy atom. The zero-order valence-corrected chi connectivity index (χ0v) is 23.2. The average Bonchev–Trinajstić information content (AvgIpc) is 3.00. The van der Waals surface area contributed by atoms with Crippen LogP contribution in [0.2, 0.25) is 0 Å². The normalized spacial score (nSPS) is 20.7. The van der Waals surface area contributed by atoms with Gasteiger partial charge in [0.25, 0.3) is 0 Å². The summed E-state index contributed by atoms with van der Waals surface area (Å²) in [6, 6.07) is 34.2. The molecule has 0 aromatic heterocycles. The van der Waals surface area contributed by atoms with Crippen molar-refractivity contribution in [2.75, 3.05) is 11.1 Å². The molecule has 0 radical (unpaired) electrons. The van der Waals surface area contributed by atoms with E-state index in [1.807, 2.05) is 91.0 Å². The molecule has 1 amide bonds. The lowest BCUT2D eigenvalue weighted by Crippen LogP contribution is -2.38. The standard InChI is InChI=1S/C33H34N2O4S/c1-22(37)35-28-15-17-29(18-16-28)40-21-30-31(25-5-3-2-4-6-25)32(26-11-9-24(20-36)10-12-26)39-33(38-30)27-13-7-23(19-34)8-14-27/h2-18,30-33,36H,19-21,34H2,1H3,(H,35,37)/t30-,31-,32+,33?/m1/s1. The third-order valence-corrected chi connectivity index (χ3v) is 8.15. The smallest absolute Gasteiger partial charge is 0.221 e. The van der Waals surface area contributed by atoms with Crippen LogP contribution >= 0.6 is 11.8 Å². The van der Waals surface area contributed by atoms with Gasteiger partial charge in [0.1, 0.15) is 0 Å². The summed E-state index contributed by atoms with van der Waals surface area (Å²) in [4.78, 5) is 12.5. The molecule has 4 aromatic rings. The first-order valence-electron chi connectivity index (χ1n) is 13.4. The fourth-order valence-electron chi connectivity index (χ4n) is 4.98. The Hall–Kier alpha value is -3.46. The molecule has 0 spiro atoms. The molecule has 0 saturated carbocycles. The van der Waals surface area contributed by atoms with Crippen LogP contribution in [0, 0.1) is 0 Å². The topological polar surface area (TPSA) is 93.8 Å². The largest absolute Gasteiger partial charge is 0.392 e. The van der Waals surface area contributed by atoms with E-state index in [2.05, 4.69) is 17.4 Å². The zero-order chi connectivity index (χ0) is 27.9. The molecular formula is C33H34N2O4S. The van der Waals surface area contributed by atoms with Gasteiger partial charge < -0.3 is 25.6 Å². The van der Waals surface area contributed by atoms with Gasteiger partial charge in [0.2, 0.25) is 5.91 Å². The number of hydrogen-bond acceptors (Lipinski definition) is 6. The van der Waals surface area contributed by atoms with Gasteiger partial charge in [-0.05, 0) is 46.5 Å². The molecule has 40 heavy (non-hydrogen) atoms. The van der Waals surface area contributed by atoms with E-state index in [-0.39, 0.29) is 30.6 Å². The van der Waals surface area contributed by atoms with E-state index in [4.69, 9.17) is 15.2 Å². The molecule has 1 heterocycles. The van der Waals surface area contributed by atoms with Gasteiger partial charge >= 0.3 is 0 Å². The van der Waals surface area contributed by atoms with Crippen molar-refractivity contribution >= 4 is 23.4 Å². The first kappa shape index (κ1) is 28.1. The number of rotatable bonds is 9. The summed E-state index contributed by atoms with van der Waals surface area (Å²) in [7, 11) is 0. The molecule has 5 rings (SSSR count). The van der Waals surface area contributed by atoms with Gasteiger partial charge in [-0.25, -0.2) is 0 Å². The Kier molecular flexibility index (Phi) is 9.31. The second kappa shape index (κ2) is 13.3. The number of benzene rings is 4. The van der Waals surface area contributed by atoms with Crippen LogP contribution in [0.15, 0.2) is 108 Å². The Labute approximate surface area is 239 Å². The van der Waals surface area contributed by atoms with Crippen LogP contribution in [0.3, 0.4) is 0 Å². The number of nitrogens with two attached hydrogens (primary N) is 1. The molecule has 6 nitrogen and oxygen atoms in total. The van der Waals surface area contributed by atoms with E-state index in [0.29, 0.717) is 12.3 Å². The minimum Gasteiger partial charge on any atom is -0.392 e. The maximum atomic E-state index is 11.4. The van der Waals surface area contributed by atoms with Gasteiger partial charge in [-0.1, -0.05) is 78.9 Å². The average molecular weight is 555 g/mol. The van der Waals surface area contributed by atoms with E-state index < -0.39 is 6.29 Å². The molecule has 7 heteroatoms. The highest BCUT2D eigenvalue weighted by Gasteiger charge is 2.41. The number of ether oxygens (including phenoxy) is 2. The van der Waals surface area contributed by atoms with Crippen molar-refractivity contribution in [3.8, 4) is 0 Å². The monoisotopic (exact) mass is 554 g/mol. The minimum absolute atomic E-state index is 0.00681. The van der Waals surface area contributed by atoms with E-state index in [1.165, 1.54) is 6.92 Å². The van der Waals surface area contributed by atoms with Crippen LogP contribution in [0.4, 0.5) is 5.69 Å². The maximum absolute atomic E-state index is 11.4. The maximum Gasteiger partial charge on any atom is 0.221 e. The van der Waals surface area contributed by atoms with E-state index in [1.54, 1.807) is 11.8 Å². The predicted molar refractivity (Wildman–Crippen MR) is 159 cm³/mol. The summed E-state index contributed by atoms with van der Waals surface area (Å²) in [5.74, 6) is 0.544. The lowest BCUT2D eigenvalue weighted by atomic mass is 9.84. The number of aliphatic hydroxyl groups excluding tert-OH is 1. The molecule has 1 aliphatic rings. The van der Waals surface area contributed by atoms with Crippen molar-refractivity contribution in [2.24, 2.45) is 5.73 Å². The first-order chi connectivity index (χ1) is 19.5. The molecule has 4 aromatic carbocycles.